The number of imide groups is 1. The number of ketones is 1. The third kappa shape index (κ3) is 7.02. The molecule has 27 heavy (non-hydrogen) atoms. The highest BCUT2D eigenvalue weighted by molar-refractivity contribution is 5.95. The van der Waals surface area contributed by atoms with Crippen molar-refractivity contribution in [1.82, 2.24) is 10.6 Å². The van der Waals surface area contributed by atoms with Crippen LogP contribution in [0.3, 0.4) is 0 Å². The van der Waals surface area contributed by atoms with E-state index in [1.54, 1.807) is 6.92 Å². The van der Waals surface area contributed by atoms with Crippen LogP contribution in [-0.4, -0.2) is 57.0 Å². The molecule has 1 saturated heterocycles. The Morgan fingerprint density at radius 2 is 1.74 bits per heavy atom. The summed E-state index contributed by atoms with van der Waals surface area (Å²) in [5.74, 6) is 0.335. The minimum absolute atomic E-state index is 0.0649. The molecule has 0 atom stereocenters. The molecule has 3 amide bonds. The van der Waals surface area contributed by atoms with Gasteiger partial charge in [-0.2, -0.15) is 0 Å². The smallest absolute Gasteiger partial charge is 0.321 e. The Morgan fingerprint density at radius 1 is 1.11 bits per heavy atom. The molecule has 7 nitrogen and oxygen atoms in total. The predicted molar refractivity (Wildman–Crippen MR) is 105 cm³/mol. The van der Waals surface area contributed by atoms with Gasteiger partial charge in [0.1, 0.15) is 0 Å². The molecular weight excluding hydrogens is 344 g/mol. The maximum Gasteiger partial charge on any atom is 0.321 e. The quantitative estimate of drug-likeness (QED) is 0.605. The van der Waals surface area contributed by atoms with Gasteiger partial charge in [0.15, 0.2) is 12.3 Å². The number of nitrogens with zero attached hydrogens (tertiary/aromatic N) is 1. The number of nitrogens with one attached hydrogen (secondary N) is 3. The third-order valence-electron chi connectivity index (χ3n) is 4.78. The monoisotopic (exact) mass is 375 g/mol. The van der Waals surface area contributed by atoms with Crippen molar-refractivity contribution in [1.29, 1.82) is 0 Å². The molecule has 0 spiro atoms. The molecule has 0 bridgehead atoms. The molecule has 0 aromatic heterocycles. The zero-order chi connectivity index (χ0) is 19.8. The van der Waals surface area contributed by atoms with Crippen molar-refractivity contribution in [3.63, 3.8) is 0 Å². The molecular formula is C20H31N4O3+. The van der Waals surface area contributed by atoms with E-state index in [-0.39, 0.29) is 11.7 Å². The average Bonchev–Trinajstić information content (AvgIpc) is 2.62. The van der Waals surface area contributed by atoms with Gasteiger partial charge >= 0.3 is 6.03 Å². The van der Waals surface area contributed by atoms with Crippen molar-refractivity contribution in [2.24, 2.45) is 5.92 Å². The SMILES string of the molecule is CC(=O)c1ccc(N2CC[NH+](CC(=O)NC(=O)NCCC(C)C)CC2)cc1. The van der Waals surface area contributed by atoms with Gasteiger partial charge in [0.25, 0.3) is 5.91 Å². The summed E-state index contributed by atoms with van der Waals surface area (Å²) in [5.41, 5.74) is 1.80. The number of anilines is 1. The van der Waals surface area contributed by atoms with E-state index in [4.69, 9.17) is 0 Å². The van der Waals surface area contributed by atoms with Crippen LogP contribution in [0.25, 0.3) is 0 Å². The van der Waals surface area contributed by atoms with Crippen molar-refractivity contribution in [2.75, 3.05) is 44.2 Å². The normalized spacial score (nSPS) is 14.9. The number of hydrogen-bond donors (Lipinski definition) is 3. The van der Waals surface area contributed by atoms with Gasteiger partial charge in [-0.25, -0.2) is 4.79 Å². The lowest BCUT2D eigenvalue weighted by atomic mass is 10.1. The van der Waals surface area contributed by atoms with Crippen molar-refractivity contribution in [3.05, 3.63) is 29.8 Å². The summed E-state index contributed by atoms with van der Waals surface area (Å²) < 4.78 is 0. The number of Topliss-reactive ketones (excluding diaryl/α,β-unsaturated/α-hetero) is 1. The summed E-state index contributed by atoms with van der Waals surface area (Å²) >= 11 is 0. The maximum atomic E-state index is 12.0. The van der Waals surface area contributed by atoms with E-state index in [1.807, 2.05) is 24.3 Å². The lowest BCUT2D eigenvalue weighted by Gasteiger charge is -2.33. The number of carbonyl (C=O) groups excluding carboxylic acids is 3. The molecule has 1 fully saturated rings. The average molecular weight is 375 g/mol. The number of piperazine rings is 1. The van der Waals surface area contributed by atoms with Crippen molar-refractivity contribution >= 4 is 23.4 Å². The maximum absolute atomic E-state index is 12.0. The van der Waals surface area contributed by atoms with E-state index in [0.717, 1.165) is 38.3 Å². The summed E-state index contributed by atoms with van der Waals surface area (Å²) in [6.07, 6.45) is 0.891. The standard InChI is InChI=1S/C20H30N4O3/c1-15(2)8-9-21-20(27)22-19(26)14-23-10-12-24(13-11-23)18-6-4-17(5-7-18)16(3)25/h4-7,15H,8-14H2,1-3H3,(H2,21,22,26,27)/p+1. The first kappa shape index (κ1) is 20.9. The second kappa shape index (κ2) is 10.1. The molecule has 1 aliphatic heterocycles. The van der Waals surface area contributed by atoms with Crippen LogP contribution >= 0.6 is 0 Å². The first-order valence-electron chi connectivity index (χ1n) is 9.62. The van der Waals surface area contributed by atoms with Crippen molar-refractivity contribution < 1.29 is 19.3 Å². The molecule has 1 aliphatic rings. The van der Waals surface area contributed by atoms with E-state index >= 15 is 0 Å². The zero-order valence-corrected chi connectivity index (χ0v) is 16.5. The summed E-state index contributed by atoms with van der Waals surface area (Å²) in [7, 11) is 0. The minimum Gasteiger partial charge on any atom is -0.360 e. The Balaban J connectivity index is 1.71. The van der Waals surface area contributed by atoms with E-state index < -0.39 is 6.03 Å². The van der Waals surface area contributed by atoms with Gasteiger partial charge in [0.05, 0.1) is 26.2 Å². The number of hydrogen-bond acceptors (Lipinski definition) is 4. The number of benzene rings is 1. The Hall–Kier alpha value is -2.41. The molecule has 7 heteroatoms. The first-order chi connectivity index (χ1) is 12.8. The van der Waals surface area contributed by atoms with Crippen molar-refractivity contribution in [3.8, 4) is 0 Å². The minimum atomic E-state index is -0.413. The Bertz CT molecular complexity index is 650. The van der Waals surface area contributed by atoms with Crippen LogP contribution in [0.2, 0.25) is 0 Å². The summed E-state index contributed by atoms with van der Waals surface area (Å²) in [5, 5.41) is 5.12. The van der Waals surface area contributed by atoms with E-state index in [9.17, 15) is 14.4 Å². The first-order valence-corrected chi connectivity index (χ1v) is 9.62. The Kier molecular flexibility index (Phi) is 7.79. The van der Waals surface area contributed by atoms with Crippen LogP contribution in [-0.2, 0) is 4.79 Å². The van der Waals surface area contributed by atoms with Gasteiger partial charge in [0, 0.05) is 17.8 Å². The second-order valence-electron chi connectivity index (χ2n) is 7.50. The molecule has 0 aliphatic carbocycles. The number of urea groups is 1. The van der Waals surface area contributed by atoms with Crippen molar-refractivity contribution in [2.45, 2.75) is 27.2 Å². The molecule has 1 heterocycles. The highest BCUT2D eigenvalue weighted by atomic mass is 16.2. The Labute approximate surface area is 161 Å². The lowest BCUT2D eigenvalue weighted by Crippen LogP contribution is -3.16. The highest BCUT2D eigenvalue weighted by Crippen LogP contribution is 2.15. The van der Waals surface area contributed by atoms with Gasteiger partial charge in [-0.05, 0) is 43.5 Å². The number of quaternary nitrogens is 1. The van der Waals surface area contributed by atoms with Crippen LogP contribution in [0.5, 0.6) is 0 Å². The fourth-order valence-corrected chi connectivity index (χ4v) is 3.08. The topological polar surface area (TPSA) is 83.0 Å². The molecule has 3 N–H and O–H groups in total. The number of amides is 3. The third-order valence-corrected chi connectivity index (χ3v) is 4.78. The van der Waals surface area contributed by atoms with Crippen LogP contribution in [0.1, 0.15) is 37.6 Å². The fourth-order valence-electron chi connectivity index (χ4n) is 3.08. The molecule has 2 rings (SSSR count). The Morgan fingerprint density at radius 3 is 2.30 bits per heavy atom. The molecule has 1 aromatic carbocycles. The van der Waals surface area contributed by atoms with Crippen LogP contribution in [0.4, 0.5) is 10.5 Å². The van der Waals surface area contributed by atoms with Crippen LogP contribution in [0.15, 0.2) is 24.3 Å². The molecule has 0 radical (unpaired) electrons. The predicted octanol–water partition coefficient (Wildman–Crippen LogP) is 0.466. The summed E-state index contributed by atoms with van der Waals surface area (Å²) in [6, 6.07) is 7.22. The zero-order valence-electron chi connectivity index (χ0n) is 16.5. The van der Waals surface area contributed by atoms with Gasteiger partial charge < -0.3 is 15.1 Å². The van der Waals surface area contributed by atoms with Gasteiger partial charge in [-0.3, -0.25) is 14.9 Å². The number of rotatable bonds is 7. The lowest BCUT2D eigenvalue weighted by molar-refractivity contribution is -0.892. The van der Waals surface area contributed by atoms with E-state index in [0.29, 0.717) is 24.6 Å². The second-order valence-corrected chi connectivity index (χ2v) is 7.50. The molecule has 0 unspecified atom stereocenters. The van der Waals surface area contributed by atoms with Crippen LogP contribution in [0, 0.1) is 5.92 Å². The van der Waals surface area contributed by atoms with Gasteiger partial charge in [-0.15, -0.1) is 0 Å². The summed E-state index contributed by atoms with van der Waals surface area (Å²) in [4.78, 5) is 38.5. The van der Waals surface area contributed by atoms with Crippen LogP contribution < -0.4 is 20.4 Å². The molecule has 1 aromatic rings. The van der Waals surface area contributed by atoms with E-state index in [2.05, 4.69) is 29.4 Å². The summed E-state index contributed by atoms with van der Waals surface area (Å²) in [6.45, 7) is 9.95. The van der Waals surface area contributed by atoms with Gasteiger partial charge in [0.2, 0.25) is 0 Å². The molecule has 0 saturated carbocycles. The van der Waals surface area contributed by atoms with Gasteiger partial charge in [-0.1, -0.05) is 13.8 Å². The van der Waals surface area contributed by atoms with E-state index in [1.165, 1.54) is 4.90 Å². The number of carbonyl (C=O) groups is 3. The largest absolute Gasteiger partial charge is 0.360 e. The fraction of sp³-hybridized carbons (Fsp3) is 0.550. The highest BCUT2D eigenvalue weighted by Gasteiger charge is 2.23. The molecule has 148 valence electrons.